The summed E-state index contributed by atoms with van der Waals surface area (Å²) in [5, 5.41) is 5.70. The van der Waals surface area contributed by atoms with Gasteiger partial charge < -0.3 is 4.74 Å². The van der Waals surface area contributed by atoms with E-state index in [-0.39, 0.29) is 0 Å². The molecule has 0 fully saturated rings. The highest BCUT2D eigenvalue weighted by Gasteiger charge is 2.09. The molecule has 2 aromatic rings. The van der Waals surface area contributed by atoms with Crippen LogP contribution in [0.5, 0.6) is 5.75 Å². The number of hydrogen-bond acceptors (Lipinski definition) is 2. The summed E-state index contributed by atoms with van der Waals surface area (Å²) in [6, 6.07) is 12.7. The molecule has 14 heavy (non-hydrogen) atoms. The van der Waals surface area contributed by atoms with Gasteiger partial charge in [-0.1, -0.05) is 24.3 Å². The van der Waals surface area contributed by atoms with Gasteiger partial charge in [0, 0.05) is 12.1 Å². The van der Waals surface area contributed by atoms with Crippen LogP contribution in [0.3, 0.4) is 0 Å². The molecular weight excluding hydrogens is 174 g/mol. The van der Waals surface area contributed by atoms with Crippen molar-refractivity contribution in [2.24, 2.45) is 0 Å². The Labute approximate surface area is 82.5 Å². The summed E-state index contributed by atoms with van der Waals surface area (Å²) in [4.78, 5) is 0. The van der Waals surface area contributed by atoms with Crippen LogP contribution in [0.1, 0.15) is 5.56 Å². The van der Waals surface area contributed by atoms with Crippen molar-refractivity contribution in [3.63, 3.8) is 0 Å². The van der Waals surface area contributed by atoms with Gasteiger partial charge in [0.25, 0.3) is 0 Å². The standard InChI is InChI=1S/C12H11NO/c1-2-4-10-6-12-11(5-9(10)3-1)7-13-8-14-12/h1-6,13H,7-8H2. The van der Waals surface area contributed by atoms with Crippen LogP contribution in [0.25, 0.3) is 10.8 Å². The average Bonchev–Trinajstić information content (AvgIpc) is 2.26. The zero-order valence-corrected chi connectivity index (χ0v) is 7.79. The Kier molecular flexibility index (Phi) is 1.67. The third kappa shape index (κ3) is 1.16. The molecule has 0 unspecified atom stereocenters. The van der Waals surface area contributed by atoms with Crippen LogP contribution in [0.2, 0.25) is 0 Å². The van der Waals surface area contributed by atoms with Crippen molar-refractivity contribution < 1.29 is 4.74 Å². The van der Waals surface area contributed by atoms with E-state index in [2.05, 4.69) is 41.7 Å². The number of benzene rings is 2. The molecule has 0 spiro atoms. The maximum Gasteiger partial charge on any atom is 0.139 e. The molecule has 0 amide bonds. The lowest BCUT2D eigenvalue weighted by molar-refractivity contribution is 0.257. The second-order valence-corrected chi connectivity index (χ2v) is 3.52. The minimum atomic E-state index is 0.616. The summed E-state index contributed by atoms with van der Waals surface area (Å²) in [6.45, 7) is 1.52. The Morgan fingerprint density at radius 3 is 2.71 bits per heavy atom. The largest absolute Gasteiger partial charge is 0.478 e. The summed E-state index contributed by atoms with van der Waals surface area (Å²) < 4.78 is 5.52. The van der Waals surface area contributed by atoms with E-state index in [9.17, 15) is 0 Å². The molecule has 0 radical (unpaired) electrons. The van der Waals surface area contributed by atoms with Gasteiger partial charge in [-0.3, -0.25) is 5.32 Å². The minimum absolute atomic E-state index is 0.616. The fraction of sp³-hybridized carbons (Fsp3) is 0.167. The maximum absolute atomic E-state index is 5.52. The van der Waals surface area contributed by atoms with E-state index in [4.69, 9.17) is 4.74 Å². The zero-order valence-electron chi connectivity index (χ0n) is 7.79. The highest BCUT2D eigenvalue weighted by molar-refractivity contribution is 5.85. The Morgan fingerprint density at radius 1 is 1.07 bits per heavy atom. The van der Waals surface area contributed by atoms with Crippen molar-refractivity contribution in [3.8, 4) is 5.75 Å². The van der Waals surface area contributed by atoms with Crippen molar-refractivity contribution in [1.82, 2.24) is 5.32 Å². The number of ether oxygens (including phenoxy) is 1. The molecule has 0 aromatic heterocycles. The second kappa shape index (κ2) is 3.00. The molecule has 2 nitrogen and oxygen atoms in total. The fourth-order valence-electron chi connectivity index (χ4n) is 1.85. The van der Waals surface area contributed by atoms with Crippen LogP contribution in [0.4, 0.5) is 0 Å². The third-order valence-electron chi connectivity index (χ3n) is 2.57. The van der Waals surface area contributed by atoms with Crippen LogP contribution < -0.4 is 10.1 Å². The minimum Gasteiger partial charge on any atom is -0.478 e. The first-order valence-corrected chi connectivity index (χ1v) is 4.79. The van der Waals surface area contributed by atoms with E-state index >= 15 is 0 Å². The lowest BCUT2D eigenvalue weighted by atomic mass is 10.1. The van der Waals surface area contributed by atoms with E-state index < -0.39 is 0 Å². The predicted molar refractivity (Wildman–Crippen MR) is 56.3 cm³/mol. The molecule has 0 aliphatic carbocycles. The SMILES string of the molecule is c1ccc2cc3c(cc2c1)CNCO3. The molecule has 2 heteroatoms. The van der Waals surface area contributed by atoms with Crippen LogP contribution in [-0.4, -0.2) is 6.73 Å². The molecule has 2 aromatic carbocycles. The van der Waals surface area contributed by atoms with Gasteiger partial charge in [0.2, 0.25) is 0 Å². The molecule has 1 aliphatic rings. The quantitative estimate of drug-likeness (QED) is 0.679. The molecule has 0 saturated carbocycles. The molecule has 0 atom stereocenters. The Balaban J connectivity index is 2.27. The number of rotatable bonds is 0. The second-order valence-electron chi connectivity index (χ2n) is 3.52. The Bertz CT molecular complexity index is 434. The Morgan fingerprint density at radius 2 is 1.86 bits per heavy atom. The molecule has 3 rings (SSSR count). The highest BCUT2D eigenvalue weighted by Crippen LogP contribution is 2.27. The number of fused-ring (bicyclic) bond motifs is 2. The van der Waals surface area contributed by atoms with Gasteiger partial charge in [-0.25, -0.2) is 0 Å². The summed E-state index contributed by atoms with van der Waals surface area (Å²) in [5.74, 6) is 1.02. The summed E-state index contributed by atoms with van der Waals surface area (Å²) in [7, 11) is 0. The van der Waals surface area contributed by atoms with E-state index in [1.807, 2.05) is 0 Å². The first-order chi connectivity index (χ1) is 6.93. The molecular formula is C12H11NO. The van der Waals surface area contributed by atoms with Gasteiger partial charge in [-0.15, -0.1) is 0 Å². The smallest absolute Gasteiger partial charge is 0.139 e. The third-order valence-corrected chi connectivity index (χ3v) is 2.57. The van der Waals surface area contributed by atoms with Crippen molar-refractivity contribution in [2.45, 2.75) is 6.54 Å². The van der Waals surface area contributed by atoms with Crippen LogP contribution in [-0.2, 0) is 6.54 Å². The Hall–Kier alpha value is -1.54. The van der Waals surface area contributed by atoms with Crippen molar-refractivity contribution in [1.29, 1.82) is 0 Å². The molecule has 0 bridgehead atoms. The topological polar surface area (TPSA) is 21.3 Å². The number of nitrogens with one attached hydrogen (secondary N) is 1. The monoisotopic (exact) mass is 185 g/mol. The summed E-state index contributed by atoms with van der Waals surface area (Å²) >= 11 is 0. The van der Waals surface area contributed by atoms with E-state index in [1.54, 1.807) is 0 Å². The summed E-state index contributed by atoms with van der Waals surface area (Å²) in [6.07, 6.45) is 0. The normalized spacial score (nSPS) is 14.9. The first-order valence-electron chi connectivity index (χ1n) is 4.79. The average molecular weight is 185 g/mol. The molecule has 1 heterocycles. The predicted octanol–water partition coefficient (Wildman–Crippen LogP) is 2.28. The molecule has 70 valence electrons. The van der Waals surface area contributed by atoms with Crippen molar-refractivity contribution >= 4 is 10.8 Å². The van der Waals surface area contributed by atoms with Gasteiger partial charge >= 0.3 is 0 Å². The van der Waals surface area contributed by atoms with E-state index in [0.29, 0.717) is 6.73 Å². The van der Waals surface area contributed by atoms with E-state index in [0.717, 1.165) is 12.3 Å². The lowest BCUT2D eigenvalue weighted by Crippen LogP contribution is -2.25. The molecule has 1 N–H and O–H groups in total. The van der Waals surface area contributed by atoms with Gasteiger partial charge in [-0.2, -0.15) is 0 Å². The van der Waals surface area contributed by atoms with Gasteiger partial charge in [0.1, 0.15) is 12.5 Å². The molecule has 1 aliphatic heterocycles. The van der Waals surface area contributed by atoms with Gasteiger partial charge in [-0.05, 0) is 22.9 Å². The van der Waals surface area contributed by atoms with Crippen molar-refractivity contribution in [3.05, 3.63) is 42.0 Å². The first kappa shape index (κ1) is 7.83. The van der Waals surface area contributed by atoms with Crippen LogP contribution >= 0.6 is 0 Å². The zero-order chi connectivity index (χ0) is 9.38. The number of hydrogen-bond donors (Lipinski definition) is 1. The summed E-state index contributed by atoms with van der Waals surface area (Å²) in [5.41, 5.74) is 1.25. The highest BCUT2D eigenvalue weighted by atomic mass is 16.5. The van der Waals surface area contributed by atoms with Crippen molar-refractivity contribution in [2.75, 3.05) is 6.73 Å². The van der Waals surface area contributed by atoms with Crippen LogP contribution in [0, 0.1) is 0 Å². The fourth-order valence-corrected chi connectivity index (χ4v) is 1.85. The van der Waals surface area contributed by atoms with E-state index in [1.165, 1.54) is 16.3 Å². The lowest BCUT2D eigenvalue weighted by Gasteiger charge is -2.18. The van der Waals surface area contributed by atoms with Gasteiger partial charge in [0.15, 0.2) is 0 Å². The van der Waals surface area contributed by atoms with Gasteiger partial charge in [0.05, 0.1) is 0 Å². The van der Waals surface area contributed by atoms with Crippen LogP contribution in [0.15, 0.2) is 36.4 Å². The molecule has 0 saturated heterocycles. The maximum atomic E-state index is 5.52.